The van der Waals surface area contributed by atoms with Gasteiger partial charge in [0.1, 0.15) is 0 Å². The smallest absolute Gasteiger partial charge is 0.225 e. The Morgan fingerprint density at radius 1 is 0.889 bits per heavy atom. The highest BCUT2D eigenvalue weighted by Gasteiger charge is 2.12. The van der Waals surface area contributed by atoms with Crippen LogP contribution in [0.1, 0.15) is 0 Å². The van der Waals surface area contributed by atoms with E-state index in [1.807, 2.05) is 48.5 Å². The molecular formula is C15H10ClNO. The lowest BCUT2D eigenvalue weighted by Crippen LogP contribution is -2.29. The Bertz CT molecular complexity index is 710. The molecule has 0 saturated heterocycles. The molecule has 3 aromatic rings. The molecule has 3 heteroatoms. The molecule has 0 amide bonds. The van der Waals surface area contributed by atoms with E-state index >= 15 is 0 Å². The number of fused-ring (bicyclic) bond motifs is 1. The van der Waals surface area contributed by atoms with Crippen LogP contribution in [-0.2, 0) is 0 Å². The van der Waals surface area contributed by atoms with Crippen molar-refractivity contribution in [1.29, 1.82) is 0 Å². The summed E-state index contributed by atoms with van der Waals surface area (Å²) in [5, 5.41) is 13.8. The quantitative estimate of drug-likeness (QED) is 0.480. The summed E-state index contributed by atoms with van der Waals surface area (Å²) in [6.07, 6.45) is 0. The van der Waals surface area contributed by atoms with E-state index < -0.39 is 0 Å². The van der Waals surface area contributed by atoms with Gasteiger partial charge in [-0.2, -0.15) is 4.73 Å². The van der Waals surface area contributed by atoms with Gasteiger partial charge in [-0.15, -0.1) is 0 Å². The molecule has 88 valence electrons. The lowest BCUT2D eigenvalue weighted by molar-refractivity contribution is -0.565. The zero-order valence-corrected chi connectivity index (χ0v) is 10.3. The molecule has 0 atom stereocenters. The average Bonchev–Trinajstić information content (AvgIpc) is 2.41. The van der Waals surface area contributed by atoms with Crippen molar-refractivity contribution in [2.45, 2.75) is 0 Å². The predicted molar refractivity (Wildman–Crippen MR) is 73.4 cm³/mol. The molecule has 0 fully saturated rings. The van der Waals surface area contributed by atoms with Crippen LogP contribution in [0.3, 0.4) is 0 Å². The highest BCUT2D eigenvalue weighted by atomic mass is 35.5. The minimum Gasteiger partial charge on any atom is -0.618 e. The summed E-state index contributed by atoms with van der Waals surface area (Å²) in [6.45, 7) is 0. The standard InChI is InChI=1S/C15H10ClNO/c16-13-8-6-12-7-9-14(17(18)15(12)10-13)11-4-2-1-3-5-11/h1-10H. The molecule has 2 aromatic carbocycles. The number of hydrogen-bond acceptors (Lipinski definition) is 1. The van der Waals surface area contributed by atoms with Crippen molar-refractivity contribution in [2.75, 3.05) is 0 Å². The molecule has 0 saturated carbocycles. The molecule has 0 radical (unpaired) electrons. The van der Waals surface area contributed by atoms with E-state index in [0.717, 1.165) is 15.7 Å². The Morgan fingerprint density at radius 2 is 1.61 bits per heavy atom. The van der Waals surface area contributed by atoms with Gasteiger partial charge >= 0.3 is 0 Å². The van der Waals surface area contributed by atoms with Gasteiger partial charge in [0, 0.05) is 28.1 Å². The van der Waals surface area contributed by atoms with E-state index in [-0.39, 0.29) is 0 Å². The first-order chi connectivity index (χ1) is 8.75. The Balaban J connectivity index is 2.29. The van der Waals surface area contributed by atoms with Crippen molar-refractivity contribution in [2.24, 2.45) is 0 Å². The van der Waals surface area contributed by atoms with Crippen molar-refractivity contribution in [3.05, 3.63) is 70.9 Å². The largest absolute Gasteiger partial charge is 0.618 e. The minimum atomic E-state index is 0.567. The predicted octanol–water partition coefficient (Wildman–Crippen LogP) is 3.79. The van der Waals surface area contributed by atoms with E-state index in [1.165, 1.54) is 0 Å². The van der Waals surface area contributed by atoms with Gasteiger partial charge in [-0.1, -0.05) is 29.8 Å². The van der Waals surface area contributed by atoms with Crippen molar-refractivity contribution >= 4 is 22.5 Å². The van der Waals surface area contributed by atoms with Crippen LogP contribution in [0.5, 0.6) is 0 Å². The summed E-state index contributed by atoms with van der Waals surface area (Å²) in [5.41, 5.74) is 2.11. The number of halogens is 1. The molecule has 0 N–H and O–H groups in total. The van der Waals surface area contributed by atoms with Crippen molar-refractivity contribution in [3.8, 4) is 11.3 Å². The fraction of sp³-hybridized carbons (Fsp3) is 0. The number of benzene rings is 2. The van der Waals surface area contributed by atoms with Gasteiger partial charge in [0.2, 0.25) is 11.2 Å². The minimum absolute atomic E-state index is 0.567. The summed E-state index contributed by atoms with van der Waals surface area (Å²) in [7, 11) is 0. The zero-order valence-electron chi connectivity index (χ0n) is 9.51. The van der Waals surface area contributed by atoms with Gasteiger partial charge in [-0.3, -0.25) is 0 Å². The fourth-order valence-electron chi connectivity index (χ4n) is 2.02. The van der Waals surface area contributed by atoms with Crippen LogP contribution in [0.4, 0.5) is 0 Å². The maximum absolute atomic E-state index is 12.3. The fourth-order valence-corrected chi connectivity index (χ4v) is 2.19. The number of nitrogens with zero attached hydrogens (tertiary/aromatic N) is 1. The van der Waals surface area contributed by atoms with Crippen LogP contribution < -0.4 is 4.73 Å². The SMILES string of the molecule is [O-][n+]1c(-c2ccccc2)ccc2ccc(Cl)cc21. The molecule has 2 nitrogen and oxygen atoms in total. The average molecular weight is 256 g/mol. The van der Waals surface area contributed by atoms with Crippen LogP contribution in [0.25, 0.3) is 22.2 Å². The number of aromatic nitrogens is 1. The van der Waals surface area contributed by atoms with E-state index in [9.17, 15) is 5.21 Å². The van der Waals surface area contributed by atoms with Gasteiger partial charge < -0.3 is 5.21 Å². The first-order valence-corrected chi connectivity index (χ1v) is 6.01. The molecule has 0 unspecified atom stereocenters. The zero-order chi connectivity index (χ0) is 12.5. The van der Waals surface area contributed by atoms with E-state index in [4.69, 9.17) is 11.6 Å². The third kappa shape index (κ3) is 1.81. The molecule has 0 aliphatic rings. The summed E-state index contributed by atoms with van der Waals surface area (Å²) in [6, 6.07) is 18.7. The van der Waals surface area contributed by atoms with Crippen LogP contribution in [0.2, 0.25) is 5.02 Å². The Morgan fingerprint density at radius 3 is 2.39 bits per heavy atom. The van der Waals surface area contributed by atoms with Crippen LogP contribution in [0, 0.1) is 5.21 Å². The Labute approximate surface area is 110 Å². The van der Waals surface area contributed by atoms with E-state index in [0.29, 0.717) is 16.2 Å². The molecule has 1 heterocycles. The lowest BCUT2D eigenvalue weighted by atomic mass is 10.1. The van der Waals surface area contributed by atoms with Gasteiger partial charge in [0.15, 0.2) is 0 Å². The third-order valence-corrected chi connectivity index (χ3v) is 3.16. The number of rotatable bonds is 1. The number of pyridine rings is 1. The molecule has 0 aliphatic carbocycles. The summed E-state index contributed by atoms with van der Waals surface area (Å²) in [4.78, 5) is 0. The molecular weight excluding hydrogens is 246 g/mol. The van der Waals surface area contributed by atoms with Crippen LogP contribution in [0.15, 0.2) is 60.7 Å². The maximum Gasteiger partial charge on any atom is 0.225 e. The second-order valence-corrected chi connectivity index (χ2v) is 4.52. The third-order valence-electron chi connectivity index (χ3n) is 2.92. The second-order valence-electron chi connectivity index (χ2n) is 4.08. The molecule has 0 bridgehead atoms. The molecule has 18 heavy (non-hydrogen) atoms. The van der Waals surface area contributed by atoms with E-state index in [1.54, 1.807) is 12.1 Å². The Kier molecular flexibility index (Phi) is 2.65. The van der Waals surface area contributed by atoms with Crippen molar-refractivity contribution in [3.63, 3.8) is 0 Å². The topological polar surface area (TPSA) is 26.9 Å². The lowest BCUT2D eigenvalue weighted by Gasteiger charge is -2.07. The highest BCUT2D eigenvalue weighted by molar-refractivity contribution is 6.31. The van der Waals surface area contributed by atoms with Crippen LogP contribution in [-0.4, -0.2) is 0 Å². The monoisotopic (exact) mass is 255 g/mol. The van der Waals surface area contributed by atoms with Crippen molar-refractivity contribution < 1.29 is 4.73 Å². The highest BCUT2D eigenvalue weighted by Crippen LogP contribution is 2.21. The van der Waals surface area contributed by atoms with Gasteiger partial charge in [0.25, 0.3) is 0 Å². The summed E-state index contributed by atoms with van der Waals surface area (Å²) in [5.74, 6) is 0. The van der Waals surface area contributed by atoms with Gasteiger partial charge in [-0.25, -0.2) is 0 Å². The van der Waals surface area contributed by atoms with Crippen LogP contribution >= 0.6 is 11.6 Å². The van der Waals surface area contributed by atoms with Crippen molar-refractivity contribution in [1.82, 2.24) is 0 Å². The summed E-state index contributed by atoms with van der Waals surface area (Å²) < 4.78 is 0.927. The summed E-state index contributed by atoms with van der Waals surface area (Å²) >= 11 is 5.94. The first-order valence-electron chi connectivity index (χ1n) is 5.63. The second kappa shape index (κ2) is 4.31. The first kappa shape index (κ1) is 11.1. The normalized spacial score (nSPS) is 10.7. The maximum atomic E-state index is 12.3. The van der Waals surface area contributed by atoms with Gasteiger partial charge in [0.05, 0.1) is 0 Å². The van der Waals surface area contributed by atoms with E-state index in [2.05, 4.69) is 0 Å². The van der Waals surface area contributed by atoms with Gasteiger partial charge in [-0.05, 0) is 30.3 Å². The molecule has 0 aliphatic heterocycles. The Hall–Kier alpha value is -2.06. The molecule has 0 spiro atoms. The molecule has 3 rings (SSSR count). The number of hydrogen-bond donors (Lipinski definition) is 0. The molecule has 1 aromatic heterocycles.